The molecule has 1 aliphatic carbocycles. The number of nitrogens with one attached hydrogen (secondary N) is 1. The fourth-order valence-electron chi connectivity index (χ4n) is 2.42. The molecular weight excluding hydrogens is 230 g/mol. The van der Waals surface area contributed by atoms with Crippen LogP contribution in [0.15, 0.2) is 11.3 Å². The van der Waals surface area contributed by atoms with Crippen LogP contribution in [0.3, 0.4) is 0 Å². The van der Waals surface area contributed by atoms with E-state index in [0.717, 1.165) is 25.7 Å². The van der Waals surface area contributed by atoms with Gasteiger partial charge in [0.1, 0.15) is 5.76 Å². The van der Waals surface area contributed by atoms with Crippen molar-refractivity contribution in [2.24, 2.45) is 5.92 Å². The fourth-order valence-corrected chi connectivity index (χ4v) is 3.22. The van der Waals surface area contributed by atoms with Crippen LogP contribution in [0.2, 0.25) is 0 Å². The molecule has 0 radical (unpaired) electrons. The standard InChI is InChI=1S/C10H15NO4S/c1-7-9(8-5-3-2-4-6-8)10(12)11-16(13,14)15-7/h8H,2-6H2,1H3,(H,11,12). The molecule has 0 unspecified atom stereocenters. The summed E-state index contributed by atoms with van der Waals surface area (Å²) >= 11 is 0. The van der Waals surface area contributed by atoms with Gasteiger partial charge in [0.15, 0.2) is 0 Å². The van der Waals surface area contributed by atoms with E-state index in [-0.39, 0.29) is 11.7 Å². The Morgan fingerprint density at radius 1 is 1.25 bits per heavy atom. The molecule has 90 valence electrons. The zero-order chi connectivity index (χ0) is 11.8. The molecule has 1 N–H and O–H groups in total. The minimum atomic E-state index is -3.91. The molecular formula is C10H15NO4S. The van der Waals surface area contributed by atoms with Gasteiger partial charge in [-0.05, 0) is 25.7 Å². The van der Waals surface area contributed by atoms with Crippen molar-refractivity contribution < 1.29 is 17.4 Å². The van der Waals surface area contributed by atoms with Gasteiger partial charge in [0.2, 0.25) is 0 Å². The maximum absolute atomic E-state index is 11.7. The average molecular weight is 245 g/mol. The number of amides is 1. The highest BCUT2D eigenvalue weighted by Crippen LogP contribution is 2.33. The van der Waals surface area contributed by atoms with Crippen molar-refractivity contribution in [2.45, 2.75) is 39.0 Å². The summed E-state index contributed by atoms with van der Waals surface area (Å²) in [6.45, 7) is 1.54. The van der Waals surface area contributed by atoms with Crippen LogP contribution < -0.4 is 4.72 Å². The highest BCUT2D eigenvalue weighted by atomic mass is 32.2. The summed E-state index contributed by atoms with van der Waals surface area (Å²) < 4.78 is 28.8. The molecule has 0 saturated heterocycles. The molecule has 1 heterocycles. The molecule has 1 saturated carbocycles. The van der Waals surface area contributed by atoms with Crippen molar-refractivity contribution in [3.63, 3.8) is 0 Å². The monoisotopic (exact) mass is 245 g/mol. The Hall–Kier alpha value is -1.04. The van der Waals surface area contributed by atoms with Crippen LogP contribution in [-0.2, 0) is 19.3 Å². The molecule has 0 atom stereocenters. The first kappa shape index (κ1) is 11.4. The van der Waals surface area contributed by atoms with Crippen molar-refractivity contribution in [3.05, 3.63) is 11.3 Å². The van der Waals surface area contributed by atoms with Crippen LogP contribution >= 0.6 is 0 Å². The SMILES string of the molecule is CC1=C(C2CCCCC2)C(=O)NS(=O)(=O)O1. The minimum Gasteiger partial charge on any atom is -0.371 e. The summed E-state index contributed by atoms with van der Waals surface area (Å²) in [7, 11) is -3.91. The Balaban J connectivity index is 2.28. The summed E-state index contributed by atoms with van der Waals surface area (Å²) in [6.07, 6.45) is 5.22. The zero-order valence-electron chi connectivity index (χ0n) is 9.15. The van der Waals surface area contributed by atoms with Crippen LogP contribution in [0.5, 0.6) is 0 Å². The van der Waals surface area contributed by atoms with Crippen molar-refractivity contribution in [1.82, 2.24) is 4.72 Å². The van der Waals surface area contributed by atoms with Gasteiger partial charge in [0.05, 0.1) is 5.57 Å². The molecule has 1 aliphatic heterocycles. The van der Waals surface area contributed by atoms with Gasteiger partial charge in [-0.15, -0.1) is 0 Å². The lowest BCUT2D eigenvalue weighted by Crippen LogP contribution is -2.40. The molecule has 16 heavy (non-hydrogen) atoms. The molecule has 1 fully saturated rings. The Kier molecular flexibility index (Phi) is 2.92. The molecule has 2 aliphatic rings. The molecule has 0 aromatic rings. The van der Waals surface area contributed by atoms with Crippen LogP contribution in [0.4, 0.5) is 0 Å². The summed E-state index contributed by atoms with van der Waals surface area (Å²) in [5.74, 6) is -0.143. The number of hydrogen-bond donors (Lipinski definition) is 1. The number of carbonyl (C=O) groups is 1. The number of rotatable bonds is 1. The van der Waals surface area contributed by atoms with Crippen LogP contribution in [0.1, 0.15) is 39.0 Å². The van der Waals surface area contributed by atoms with E-state index in [9.17, 15) is 13.2 Å². The summed E-state index contributed by atoms with van der Waals surface area (Å²) in [5.41, 5.74) is 0.509. The first-order chi connectivity index (χ1) is 7.49. The van der Waals surface area contributed by atoms with E-state index in [1.807, 2.05) is 4.72 Å². The van der Waals surface area contributed by atoms with Crippen LogP contribution in [0, 0.1) is 5.92 Å². The van der Waals surface area contributed by atoms with E-state index in [4.69, 9.17) is 4.18 Å². The number of allylic oxidation sites excluding steroid dienone is 1. The lowest BCUT2D eigenvalue weighted by atomic mass is 9.83. The average Bonchev–Trinajstić information content (AvgIpc) is 2.16. The topological polar surface area (TPSA) is 72.5 Å². The fraction of sp³-hybridized carbons (Fsp3) is 0.700. The summed E-state index contributed by atoms with van der Waals surface area (Å²) in [5, 5.41) is 0. The Morgan fingerprint density at radius 2 is 1.88 bits per heavy atom. The van der Waals surface area contributed by atoms with Crippen molar-refractivity contribution in [1.29, 1.82) is 0 Å². The molecule has 1 amide bonds. The molecule has 2 rings (SSSR count). The zero-order valence-corrected chi connectivity index (χ0v) is 9.97. The van der Waals surface area contributed by atoms with E-state index in [0.29, 0.717) is 5.57 Å². The Labute approximate surface area is 95.1 Å². The van der Waals surface area contributed by atoms with Crippen molar-refractivity contribution >= 4 is 16.2 Å². The third-order valence-corrected chi connectivity index (χ3v) is 3.99. The first-order valence-electron chi connectivity index (χ1n) is 5.47. The molecule has 5 nitrogen and oxygen atoms in total. The largest absolute Gasteiger partial charge is 0.409 e. The normalized spacial score (nSPS) is 26.2. The molecule has 0 spiro atoms. The van der Waals surface area contributed by atoms with Gasteiger partial charge < -0.3 is 4.18 Å². The quantitative estimate of drug-likeness (QED) is 0.754. The van der Waals surface area contributed by atoms with Gasteiger partial charge in [-0.1, -0.05) is 19.3 Å². The van der Waals surface area contributed by atoms with E-state index >= 15 is 0 Å². The van der Waals surface area contributed by atoms with E-state index < -0.39 is 16.2 Å². The molecule has 0 bridgehead atoms. The summed E-state index contributed by atoms with van der Waals surface area (Å²) in [4.78, 5) is 11.7. The van der Waals surface area contributed by atoms with E-state index in [2.05, 4.69) is 0 Å². The second-order valence-electron chi connectivity index (χ2n) is 4.27. The lowest BCUT2D eigenvalue weighted by molar-refractivity contribution is -0.117. The lowest BCUT2D eigenvalue weighted by Gasteiger charge is -2.27. The van der Waals surface area contributed by atoms with Gasteiger partial charge in [-0.3, -0.25) is 4.79 Å². The van der Waals surface area contributed by atoms with Gasteiger partial charge in [0.25, 0.3) is 5.91 Å². The number of hydrogen-bond acceptors (Lipinski definition) is 4. The second-order valence-corrected chi connectivity index (χ2v) is 5.55. The second kappa shape index (κ2) is 4.08. The maximum Gasteiger partial charge on any atom is 0.409 e. The van der Waals surface area contributed by atoms with Gasteiger partial charge in [-0.25, -0.2) is 4.72 Å². The van der Waals surface area contributed by atoms with Gasteiger partial charge in [-0.2, -0.15) is 8.42 Å². The van der Waals surface area contributed by atoms with E-state index in [1.54, 1.807) is 6.92 Å². The molecule has 6 heteroatoms. The highest BCUT2D eigenvalue weighted by Gasteiger charge is 2.34. The highest BCUT2D eigenvalue weighted by molar-refractivity contribution is 7.85. The van der Waals surface area contributed by atoms with Crippen molar-refractivity contribution in [2.75, 3.05) is 0 Å². The van der Waals surface area contributed by atoms with Crippen molar-refractivity contribution in [3.8, 4) is 0 Å². The number of carbonyl (C=O) groups excluding carboxylic acids is 1. The predicted molar refractivity (Wildman–Crippen MR) is 57.4 cm³/mol. The maximum atomic E-state index is 11.7. The van der Waals surface area contributed by atoms with Gasteiger partial charge >= 0.3 is 10.3 Å². The predicted octanol–water partition coefficient (Wildman–Crippen LogP) is 1.23. The van der Waals surface area contributed by atoms with E-state index in [1.165, 1.54) is 6.42 Å². The van der Waals surface area contributed by atoms with Gasteiger partial charge in [0, 0.05) is 0 Å². The summed E-state index contributed by atoms with van der Waals surface area (Å²) in [6, 6.07) is 0. The first-order valence-corrected chi connectivity index (χ1v) is 6.88. The van der Waals surface area contributed by atoms with Crippen LogP contribution in [-0.4, -0.2) is 14.3 Å². The third kappa shape index (κ3) is 2.21. The minimum absolute atomic E-state index is 0.143. The molecule has 0 aromatic heterocycles. The van der Waals surface area contributed by atoms with Crippen LogP contribution in [0.25, 0.3) is 0 Å². The third-order valence-electron chi connectivity index (χ3n) is 3.09. The smallest absolute Gasteiger partial charge is 0.371 e. The Bertz CT molecular complexity index is 432. The Morgan fingerprint density at radius 3 is 2.44 bits per heavy atom. The molecule has 0 aromatic carbocycles.